The summed E-state index contributed by atoms with van der Waals surface area (Å²) in [4.78, 5) is 0. The Morgan fingerprint density at radius 3 is 2.36 bits per heavy atom. The number of nitrogens with one attached hydrogen (secondary N) is 1. The summed E-state index contributed by atoms with van der Waals surface area (Å²) < 4.78 is 44.8. The van der Waals surface area contributed by atoms with Gasteiger partial charge in [0, 0.05) is 30.3 Å². The summed E-state index contributed by atoms with van der Waals surface area (Å²) in [5, 5.41) is 11.7. The number of aliphatic hydroxyl groups is 1. The summed E-state index contributed by atoms with van der Waals surface area (Å²) in [6.07, 6.45) is 0. The van der Waals surface area contributed by atoms with Crippen molar-refractivity contribution in [2.24, 2.45) is 0 Å². The molecule has 2 N–H and O–H groups in total. The Morgan fingerprint density at radius 1 is 0.909 bits per heavy atom. The molecule has 6 heteroatoms. The fourth-order valence-corrected chi connectivity index (χ4v) is 1.98. The molecule has 22 heavy (non-hydrogen) atoms. The van der Waals surface area contributed by atoms with Crippen molar-refractivity contribution in [2.75, 3.05) is 13.2 Å². The molecular weight excluding hydrogens is 295 g/mol. The average molecular weight is 311 g/mol. The fourth-order valence-electron chi connectivity index (χ4n) is 1.98. The summed E-state index contributed by atoms with van der Waals surface area (Å²) in [6, 6.07) is 8.56. The van der Waals surface area contributed by atoms with Crippen molar-refractivity contribution >= 4 is 0 Å². The first-order valence-electron chi connectivity index (χ1n) is 6.77. The van der Waals surface area contributed by atoms with Gasteiger partial charge in [0.2, 0.25) is 0 Å². The van der Waals surface area contributed by atoms with Crippen LogP contribution in [-0.4, -0.2) is 18.3 Å². The standard InChI is InChI=1S/C16H16F3NO2/c17-13-8-15(19)14(18)7-12(13)10-20-9-11-3-1-2-4-16(11)22-6-5-21/h1-4,7-8,20-21H,5-6,9-10H2. The van der Waals surface area contributed by atoms with Crippen LogP contribution in [0.5, 0.6) is 5.75 Å². The lowest BCUT2D eigenvalue weighted by atomic mass is 10.1. The highest BCUT2D eigenvalue weighted by Gasteiger charge is 2.10. The van der Waals surface area contributed by atoms with E-state index < -0.39 is 17.5 Å². The van der Waals surface area contributed by atoms with Crippen LogP contribution in [0.2, 0.25) is 0 Å². The molecule has 0 saturated heterocycles. The van der Waals surface area contributed by atoms with Crippen molar-refractivity contribution in [3.63, 3.8) is 0 Å². The Balaban J connectivity index is 1.98. The third kappa shape index (κ3) is 4.22. The minimum absolute atomic E-state index is 0.0488. The Bertz CT molecular complexity index is 635. The molecule has 118 valence electrons. The molecule has 0 bridgehead atoms. The molecule has 2 rings (SSSR count). The zero-order valence-electron chi connectivity index (χ0n) is 11.8. The van der Waals surface area contributed by atoms with E-state index in [1.807, 2.05) is 12.1 Å². The molecule has 0 aliphatic carbocycles. The highest BCUT2D eigenvalue weighted by Crippen LogP contribution is 2.18. The lowest BCUT2D eigenvalue weighted by molar-refractivity contribution is 0.200. The van der Waals surface area contributed by atoms with Crippen LogP contribution >= 0.6 is 0 Å². The summed E-state index contributed by atoms with van der Waals surface area (Å²) >= 11 is 0. The molecule has 2 aromatic rings. The van der Waals surface area contributed by atoms with Crippen molar-refractivity contribution in [2.45, 2.75) is 13.1 Å². The van der Waals surface area contributed by atoms with Crippen LogP contribution in [0.25, 0.3) is 0 Å². The van der Waals surface area contributed by atoms with E-state index in [1.165, 1.54) is 0 Å². The van der Waals surface area contributed by atoms with Crippen molar-refractivity contribution < 1.29 is 23.0 Å². The molecule has 0 fully saturated rings. The predicted octanol–water partition coefficient (Wildman–Crippen LogP) is 2.76. The molecule has 0 aliphatic heterocycles. The number of rotatable bonds is 7. The Hall–Kier alpha value is -2.05. The third-order valence-corrected chi connectivity index (χ3v) is 3.04. The Labute approximate surface area is 126 Å². The minimum Gasteiger partial charge on any atom is -0.491 e. The van der Waals surface area contributed by atoms with Gasteiger partial charge in [0.15, 0.2) is 11.6 Å². The number of hydrogen-bond acceptors (Lipinski definition) is 3. The van der Waals surface area contributed by atoms with E-state index in [2.05, 4.69) is 5.32 Å². The van der Waals surface area contributed by atoms with E-state index in [9.17, 15) is 13.2 Å². The van der Waals surface area contributed by atoms with Gasteiger partial charge in [0.05, 0.1) is 6.61 Å². The van der Waals surface area contributed by atoms with Gasteiger partial charge in [-0.2, -0.15) is 0 Å². The average Bonchev–Trinajstić information content (AvgIpc) is 2.51. The van der Waals surface area contributed by atoms with Gasteiger partial charge in [0.1, 0.15) is 18.2 Å². The van der Waals surface area contributed by atoms with E-state index in [0.717, 1.165) is 11.6 Å². The first-order valence-corrected chi connectivity index (χ1v) is 6.77. The largest absolute Gasteiger partial charge is 0.491 e. The second-order valence-electron chi connectivity index (χ2n) is 4.64. The van der Waals surface area contributed by atoms with Gasteiger partial charge in [0.25, 0.3) is 0 Å². The molecule has 0 radical (unpaired) electrons. The quantitative estimate of drug-likeness (QED) is 0.773. The normalized spacial score (nSPS) is 10.7. The van der Waals surface area contributed by atoms with Crippen molar-refractivity contribution in [1.82, 2.24) is 5.32 Å². The lowest BCUT2D eigenvalue weighted by Crippen LogP contribution is -2.15. The van der Waals surface area contributed by atoms with Gasteiger partial charge in [-0.05, 0) is 12.1 Å². The van der Waals surface area contributed by atoms with Crippen LogP contribution in [0.1, 0.15) is 11.1 Å². The highest BCUT2D eigenvalue weighted by atomic mass is 19.2. The molecule has 2 aromatic carbocycles. The van der Waals surface area contributed by atoms with Gasteiger partial charge in [-0.3, -0.25) is 0 Å². The number of halogens is 3. The smallest absolute Gasteiger partial charge is 0.161 e. The van der Waals surface area contributed by atoms with Crippen molar-refractivity contribution in [1.29, 1.82) is 0 Å². The zero-order valence-corrected chi connectivity index (χ0v) is 11.8. The maximum Gasteiger partial charge on any atom is 0.161 e. The number of para-hydroxylation sites is 1. The third-order valence-electron chi connectivity index (χ3n) is 3.04. The molecule has 0 atom stereocenters. The van der Waals surface area contributed by atoms with Crippen molar-refractivity contribution in [3.05, 3.63) is 65.0 Å². The lowest BCUT2D eigenvalue weighted by Gasteiger charge is -2.12. The molecule has 3 nitrogen and oxygen atoms in total. The maximum atomic E-state index is 13.5. The summed E-state index contributed by atoms with van der Waals surface area (Å²) in [6.45, 7) is 0.494. The number of hydrogen-bond donors (Lipinski definition) is 2. The molecule has 0 amide bonds. The monoisotopic (exact) mass is 311 g/mol. The SMILES string of the molecule is OCCOc1ccccc1CNCc1cc(F)c(F)cc1F. The van der Waals surface area contributed by atoms with Crippen molar-refractivity contribution in [3.8, 4) is 5.75 Å². The zero-order chi connectivity index (χ0) is 15.9. The van der Waals surface area contributed by atoms with Crippen LogP contribution in [0.15, 0.2) is 36.4 Å². The van der Waals surface area contributed by atoms with E-state index in [1.54, 1.807) is 12.1 Å². The molecule has 0 heterocycles. The van der Waals surface area contributed by atoms with Crippen LogP contribution in [0.4, 0.5) is 13.2 Å². The molecule has 0 aromatic heterocycles. The van der Waals surface area contributed by atoms with Crippen LogP contribution < -0.4 is 10.1 Å². The molecular formula is C16H16F3NO2. The Morgan fingerprint density at radius 2 is 1.59 bits per heavy atom. The number of aliphatic hydroxyl groups excluding tert-OH is 1. The van der Waals surface area contributed by atoms with Crippen LogP contribution in [-0.2, 0) is 13.1 Å². The number of ether oxygens (including phenoxy) is 1. The predicted molar refractivity (Wildman–Crippen MR) is 75.9 cm³/mol. The van der Waals surface area contributed by atoms with Gasteiger partial charge in [-0.15, -0.1) is 0 Å². The molecule has 0 spiro atoms. The second-order valence-corrected chi connectivity index (χ2v) is 4.64. The van der Waals surface area contributed by atoms with Crippen LogP contribution in [0, 0.1) is 17.5 Å². The first-order chi connectivity index (χ1) is 10.6. The van der Waals surface area contributed by atoms with Gasteiger partial charge in [-0.1, -0.05) is 18.2 Å². The minimum atomic E-state index is -1.20. The second kappa shape index (κ2) is 7.82. The topological polar surface area (TPSA) is 41.5 Å². The molecule has 0 aliphatic rings. The molecule has 0 unspecified atom stereocenters. The van der Waals surface area contributed by atoms with E-state index in [0.29, 0.717) is 18.4 Å². The van der Waals surface area contributed by atoms with E-state index in [4.69, 9.17) is 9.84 Å². The Kier molecular flexibility index (Phi) is 5.80. The molecule has 0 saturated carbocycles. The highest BCUT2D eigenvalue weighted by molar-refractivity contribution is 5.33. The van der Waals surface area contributed by atoms with Gasteiger partial charge in [-0.25, -0.2) is 13.2 Å². The summed E-state index contributed by atoms with van der Waals surface area (Å²) in [7, 11) is 0. The number of benzene rings is 2. The summed E-state index contributed by atoms with van der Waals surface area (Å²) in [5.41, 5.74) is 0.867. The first kappa shape index (κ1) is 16.3. The maximum absolute atomic E-state index is 13.5. The fraction of sp³-hybridized carbons (Fsp3) is 0.250. The summed E-state index contributed by atoms with van der Waals surface area (Å²) in [5.74, 6) is -2.47. The van der Waals surface area contributed by atoms with E-state index >= 15 is 0 Å². The van der Waals surface area contributed by atoms with Crippen LogP contribution in [0.3, 0.4) is 0 Å². The van der Waals surface area contributed by atoms with E-state index in [-0.39, 0.29) is 25.3 Å². The van der Waals surface area contributed by atoms with Gasteiger partial charge >= 0.3 is 0 Å². The van der Waals surface area contributed by atoms with Gasteiger partial charge < -0.3 is 15.2 Å².